The van der Waals surface area contributed by atoms with Gasteiger partial charge in [0.2, 0.25) is 12.3 Å². The molecule has 0 amide bonds. The molecule has 0 N–H and O–H groups in total. The van der Waals surface area contributed by atoms with Crippen LogP contribution in [0.2, 0.25) is 0 Å². The van der Waals surface area contributed by atoms with Crippen molar-refractivity contribution in [2.75, 3.05) is 21.0 Å². The lowest BCUT2D eigenvalue weighted by atomic mass is 10.00. The molecule has 2 heterocycles. The van der Waals surface area contributed by atoms with Crippen LogP contribution in [0.3, 0.4) is 0 Å². The zero-order valence-electron chi connectivity index (χ0n) is 15.2. The number of benzene rings is 3. The van der Waals surface area contributed by atoms with E-state index in [0.29, 0.717) is 0 Å². The van der Waals surface area contributed by atoms with Gasteiger partial charge in [-0.2, -0.15) is 4.57 Å². The van der Waals surface area contributed by atoms with Gasteiger partial charge in [-0.15, -0.1) is 0 Å². The van der Waals surface area contributed by atoms with Crippen molar-refractivity contribution < 1.29 is 35.9 Å². The van der Waals surface area contributed by atoms with Crippen molar-refractivity contribution in [3.8, 4) is 23.0 Å². The van der Waals surface area contributed by atoms with Gasteiger partial charge in [-0.3, -0.25) is 0 Å². The normalized spacial score (nSPS) is 12.4. The van der Waals surface area contributed by atoms with E-state index in [2.05, 4.69) is 42.1 Å². The Balaban J connectivity index is 0.00000180. The minimum atomic E-state index is 0. The molecule has 3 aromatic carbocycles. The van der Waals surface area contributed by atoms with Gasteiger partial charge in [-0.25, -0.2) is 0 Å². The Morgan fingerprint density at radius 3 is 2.37 bits per heavy atom. The van der Waals surface area contributed by atoms with Crippen molar-refractivity contribution >= 4 is 32.4 Å². The molecule has 5 rings (SSSR count). The van der Waals surface area contributed by atoms with Crippen molar-refractivity contribution in [3.63, 3.8) is 0 Å². The predicted molar refractivity (Wildman–Crippen MR) is 99.4 cm³/mol. The first-order valence-electron chi connectivity index (χ1n) is 8.40. The van der Waals surface area contributed by atoms with Gasteiger partial charge < -0.3 is 31.4 Å². The summed E-state index contributed by atoms with van der Waals surface area (Å²) in [4.78, 5) is 0. The Morgan fingerprint density at radius 2 is 1.63 bits per heavy atom. The van der Waals surface area contributed by atoms with E-state index in [4.69, 9.17) is 18.9 Å². The summed E-state index contributed by atoms with van der Waals surface area (Å²) in [5.41, 5.74) is 1.11. The maximum atomic E-state index is 5.70. The Hall–Kier alpha value is -2.92. The molecule has 0 saturated carbocycles. The van der Waals surface area contributed by atoms with Gasteiger partial charge in [0.25, 0.3) is 0 Å². The first-order valence-corrected chi connectivity index (χ1v) is 8.40. The third-order valence-electron chi connectivity index (χ3n) is 5.02. The number of halogens is 1. The molecule has 1 aliphatic rings. The molecule has 5 nitrogen and oxygen atoms in total. The quantitative estimate of drug-likeness (QED) is 0.378. The average molecular weight is 384 g/mol. The maximum Gasteiger partial charge on any atom is 0.231 e. The van der Waals surface area contributed by atoms with E-state index in [9.17, 15) is 0 Å². The molecular weight excluding hydrogens is 366 g/mol. The van der Waals surface area contributed by atoms with Crippen molar-refractivity contribution in [1.82, 2.24) is 0 Å². The first kappa shape index (κ1) is 17.5. The van der Waals surface area contributed by atoms with Crippen LogP contribution in [0.4, 0.5) is 0 Å². The van der Waals surface area contributed by atoms with Crippen LogP contribution < -0.4 is 35.9 Å². The summed E-state index contributed by atoms with van der Waals surface area (Å²) in [7, 11) is 5.39. The number of nitrogens with zero attached hydrogens (tertiary/aromatic N) is 1. The summed E-state index contributed by atoms with van der Waals surface area (Å²) in [6, 6.07) is 12.3. The molecule has 0 unspecified atom stereocenters. The number of pyridine rings is 1. The van der Waals surface area contributed by atoms with Crippen LogP contribution in [0.15, 0.2) is 42.6 Å². The highest BCUT2D eigenvalue weighted by atomic mass is 35.5. The van der Waals surface area contributed by atoms with E-state index in [1.165, 1.54) is 0 Å². The minimum Gasteiger partial charge on any atom is -1.00 e. The first-order chi connectivity index (χ1) is 12.7. The number of aryl methyl sites for hydroxylation is 1. The van der Waals surface area contributed by atoms with Gasteiger partial charge >= 0.3 is 0 Å². The third kappa shape index (κ3) is 2.42. The SMILES string of the molecule is COc1ccc2c[n+](C)c3c4cc5c(cc4ccc3c2c1OC)OCO5.[Cl-]. The molecule has 0 bridgehead atoms. The van der Waals surface area contributed by atoms with E-state index in [1.807, 2.05) is 12.1 Å². The van der Waals surface area contributed by atoms with Crippen LogP contribution in [0.1, 0.15) is 0 Å². The van der Waals surface area contributed by atoms with Gasteiger partial charge in [0.05, 0.1) is 30.4 Å². The van der Waals surface area contributed by atoms with Crippen LogP contribution in [-0.4, -0.2) is 21.0 Å². The molecule has 27 heavy (non-hydrogen) atoms. The van der Waals surface area contributed by atoms with E-state index in [0.717, 1.165) is 55.4 Å². The monoisotopic (exact) mass is 383 g/mol. The number of methoxy groups -OCH3 is 2. The lowest BCUT2D eigenvalue weighted by molar-refractivity contribution is -0.642. The number of ether oxygens (including phenoxy) is 4. The lowest BCUT2D eigenvalue weighted by Gasteiger charge is -2.13. The molecule has 1 aliphatic heterocycles. The average Bonchev–Trinajstić information content (AvgIpc) is 3.12. The summed E-state index contributed by atoms with van der Waals surface area (Å²) in [5, 5.41) is 5.46. The largest absolute Gasteiger partial charge is 1.00 e. The maximum absolute atomic E-state index is 5.70. The Bertz CT molecular complexity index is 1210. The van der Waals surface area contributed by atoms with Crippen LogP contribution in [0.25, 0.3) is 32.4 Å². The van der Waals surface area contributed by atoms with Gasteiger partial charge in [0, 0.05) is 5.39 Å². The molecule has 6 heteroatoms. The molecule has 0 fully saturated rings. The second-order valence-corrected chi connectivity index (χ2v) is 6.39. The number of hydrogen-bond acceptors (Lipinski definition) is 4. The molecule has 0 radical (unpaired) electrons. The molecule has 0 spiro atoms. The van der Waals surface area contributed by atoms with E-state index in [-0.39, 0.29) is 19.2 Å². The fourth-order valence-electron chi connectivity index (χ4n) is 3.88. The zero-order valence-corrected chi connectivity index (χ0v) is 16.0. The molecule has 0 saturated heterocycles. The van der Waals surface area contributed by atoms with Crippen LogP contribution in [0, 0.1) is 0 Å². The number of rotatable bonds is 2. The lowest BCUT2D eigenvalue weighted by Crippen LogP contribution is -3.00. The summed E-state index contributed by atoms with van der Waals surface area (Å²) in [6.07, 6.45) is 2.11. The van der Waals surface area contributed by atoms with Crippen molar-refractivity contribution in [1.29, 1.82) is 0 Å². The van der Waals surface area contributed by atoms with Crippen LogP contribution in [0.5, 0.6) is 23.0 Å². The predicted octanol–water partition coefficient (Wildman–Crippen LogP) is 0.721. The minimum absolute atomic E-state index is 0. The van der Waals surface area contributed by atoms with Crippen molar-refractivity contribution in [2.45, 2.75) is 0 Å². The molecule has 0 aliphatic carbocycles. The Kier molecular flexibility index (Phi) is 4.12. The standard InChI is InChI=1S/C21H18NO4.ClH/c1-22-10-13-5-7-16(23-2)21(24-3)19(13)14-6-4-12-8-17-18(26-11-25-17)9-15(12)20(14)22;/h4-10H,11H2,1-3H3;1H/q+1;/p-1. The van der Waals surface area contributed by atoms with Gasteiger partial charge in [0.1, 0.15) is 7.05 Å². The Labute approximate surface area is 162 Å². The molecule has 4 aromatic rings. The van der Waals surface area contributed by atoms with Gasteiger partial charge in [-0.05, 0) is 35.7 Å². The topological polar surface area (TPSA) is 40.8 Å². The summed E-state index contributed by atoms with van der Waals surface area (Å²) in [6.45, 7) is 0.268. The number of fused-ring (bicyclic) bond motifs is 6. The van der Waals surface area contributed by atoms with Gasteiger partial charge in [0.15, 0.2) is 29.2 Å². The van der Waals surface area contributed by atoms with Crippen molar-refractivity contribution in [3.05, 3.63) is 42.6 Å². The highest BCUT2D eigenvalue weighted by Crippen LogP contribution is 2.42. The molecule has 138 valence electrons. The fourth-order valence-corrected chi connectivity index (χ4v) is 3.88. The summed E-state index contributed by atoms with van der Waals surface area (Å²) in [5.74, 6) is 3.04. The van der Waals surface area contributed by atoms with E-state index >= 15 is 0 Å². The van der Waals surface area contributed by atoms with Crippen LogP contribution in [-0.2, 0) is 7.05 Å². The fraction of sp³-hybridized carbons (Fsp3) is 0.190. The Morgan fingerprint density at radius 1 is 0.889 bits per heavy atom. The highest BCUT2D eigenvalue weighted by molar-refractivity contribution is 6.16. The molecular formula is C21H18ClNO4. The molecule has 0 atom stereocenters. The van der Waals surface area contributed by atoms with Gasteiger partial charge in [-0.1, -0.05) is 6.07 Å². The van der Waals surface area contributed by atoms with Crippen molar-refractivity contribution in [2.24, 2.45) is 7.05 Å². The summed E-state index contributed by atoms with van der Waals surface area (Å²) >= 11 is 0. The smallest absolute Gasteiger partial charge is 0.231 e. The van der Waals surface area contributed by atoms with E-state index < -0.39 is 0 Å². The zero-order chi connectivity index (χ0) is 17.8. The van der Waals surface area contributed by atoms with E-state index in [1.54, 1.807) is 14.2 Å². The second-order valence-electron chi connectivity index (χ2n) is 6.39. The summed E-state index contributed by atoms with van der Waals surface area (Å²) < 4.78 is 24.5. The second kappa shape index (κ2) is 6.35. The molecule has 1 aromatic heterocycles. The van der Waals surface area contributed by atoms with Crippen LogP contribution >= 0.6 is 0 Å². The highest BCUT2D eigenvalue weighted by Gasteiger charge is 2.22. The number of aromatic nitrogens is 1. The number of hydrogen-bond donors (Lipinski definition) is 0. The third-order valence-corrected chi connectivity index (χ3v) is 5.02.